The maximum absolute atomic E-state index is 6.18. The lowest BCUT2D eigenvalue weighted by Crippen LogP contribution is -2.15. The minimum Gasteiger partial charge on any atom is -0.324 e. The molecule has 0 amide bonds. The van der Waals surface area contributed by atoms with Crippen molar-refractivity contribution in [1.82, 2.24) is 4.98 Å². The number of rotatable bonds is 5. The Kier molecular flexibility index (Phi) is 4.76. The molecule has 0 aliphatic heterocycles. The first-order valence-corrected chi connectivity index (χ1v) is 5.84. The Morgan fingerprint density at radius 2 is 1.93 bits per heavy atom. The molecule has 0 fully saturated rings. The molecule has 15 heavy (non-hydrogen) atoms. The molecule has 1 rings (SSSR count). The third-order valence-corrected chi connectivity index (χ3v) is 3.07. The normalized spacial score (nSPS) is 13.1. The summed E-state index contributed by atoms with van der Waals surface area (Å²) in [6.45, 7) is 6.52. The molecule has 84 valence electrons. The van der Waals surface area contributed by atoms with Crippen LogP contribution in [0.25, 0.3) is 0 Å². The topological polar surface area (TPSA) is 38.9 Å². The first-order chi connectivity index (χ1) is 7.17. The van der Waals surface area contributed by atoms with Crippen LogP contribution in [0.4, 0.5) is 0 Å². The van der Waals surface area contributed by atoms with Crippen LogP contribution < -0.4 is 5.73 Å². The fourth-order valence-corrected chi connectivity index (χ4v) is 1.90. The van der Waals surface area contributed by atoms with Crippen LogP contribution in [0.5, 0.6) is 0 Å². The Hall–Kier alpha value is -0.890. The molecule has 1 heterocycles. The van der Waals surface area contributed by atoms with E-state index in [9.17, 15) is 0 Å². The summed E-state index contributed by atoms with van der Waals surface area (Å²) in [6, 6.07) is 2.28. The number of pyridine rings is 1. The van der Waals surface area contributed by atoms with Crippen molar-refractivity contribution < 1.29 is 0 Å². The minimum absolute atomic E-state index is 0.141. The van der Waals surface area contributed by atoms with Crippen LogP contribution in [0.1, 0.15) is 50.3 Å². The molecule has 0 spiro atoms. The van der Waals surface area contributed by atoms with Gasteiger partial charge in [-0.25, -0.2) is 0 Å². The predicted molar refractivity (Wildman–Crippen MR) is 64.6 cm³/mol. The molecule has 1 aromatic heterocycles. The van der Waals surface area contributed by atoms with Crippen molar-refractivity contribution in [3.8, 4) is 0 Å². The van der Waals surface area contributed by atoms with Crippen LogP contribution >= 0.6 is 0 Å². The van der Waals surface area contributed by atoms with Crippen LogP contribution in [0.15, 0.2) is 18.5 Å². The predicted octanol–water partition coefficient (Wildman–Crippen LogP) is 3.22. The van der Waals surface area contributed by atoms with Gasteiger partial charge in [0.05, 0.1) is 0 Å². The SMILES string of the molecule is CCC(CC)CC(N)c1cncc(C)c1. The van der Waals surface area contributed by atoms with Gasteiger partial charge in [0.2, 0.25) is 0 Å². The summed E-state index contributed by atoms with van der Waals surface area (Å²) in [5.41, 5.74) is 8.53. The summed E-state index contributed by atoms with van der Waals surface area (Å²) in [4.78, 5) is 4.18. The molecular weight excluding hydrogens is 184 g/mol. The Bertz CT molecular complexity index is 292. The Labute approximate surface area is 92.9 Å². The van der Waals surface area contributed by atoms with Gasteiger partial charge in [0.25, 0.3) is 0 Å². The molecule has 1 atom stereocenters. The standard InChI is InChI=1S/C13H22N2/c1-4-11(5-2)7-13(14)12-6-10(3)8-15-9-12/h6,8-9,11,13H,4-5,7,14H2,1-3H3. The van der Waals surface area contributed by atoms with E-state index in [-0.39, 0.29) is 6.04 Å². The van der Waals surface area contributed by atoms with Gasteiger partial charge in [-0.3, -0.25) is 4.98 Å². The van der Waals surface area contributed by atoms with Gasteiger partial charge < -0.3 is 5.73 Å². The average molecular weight is 206 g/mol. The molecule has 0 aliphatic rings. The van der Waals surface area contributed by atoms with E-state index in [1.165, 1.54) is 24.0 Å². The Morgan fingerprint density at radius 1 is 1.27 bits per heavy atom. The van der Waals surface area contributed by atoms with Crippen LogP contribution in [0, 0.1) is 12.8 Å². The number of aryl methyl sites for hydroxylation is 1. The highest BCUT2D eigenvalue weighted by molar-refractivity contribution is 5.19. The molecule has 1 unspecified atom stereocenters. The lowest BCUT2D eigenvalue weighted by molar-refractivity contribution is 0.414. The largest absolute Gasteiger partial charge is 0.324 e. The average Bonchev–Trinajstić information content (AvgIpc) is 2.25. The summed E-state index contributed by atoms with van der Waals surface area (Å²) in [5.74, 6) is 0.737. The number of nitrogens with zero attached hydrogens (tertiary/aromatic N) is 1. The van der Waals surface area contributed by atoms with Crippen molar-refractivity contribution in [2.24, 2.45) is 11.7 Å². The van der Waals surface area contributed by atoms with Gasteiger partial charge >= 0.3 is 0 Å². The Balaban J connectivity index is 2.64. The van der Waals surface area contributed by atoms with Crippen molar-refractivity contribution in [3.63, 3.8) is 0 Å². The first-order valence-electron chi connectivity index (χ1n) is 5.84. The third kappa shape index (κ3) is 3.63. The highest BCUT2D eigenvalue weighted by atomic mass is 14.7. The zero-order valence-corrected chi connectivity index (χ0v) is 10.0. The van der Waals surface area contributed by atoms with E-state index in [4.69, 9.17) is 5.73 Å². The second-order valence-corrected chi connectivity index (χ2v) is 4.32. The smallest absolute Gasteiger partial charge is 0.0315 e. The van der Waals surface area contributed by atoms with E-state index in [0.29, 0.717) is 0 Å². The zero-order chi connectivity index (χ0) is 11.3. The van der Waals surface area contributed by atoms with Crippen molar-refractivity contribution in [3.05, 3.63) is 29.6 Å². The van der Waals surface area contributed by atoms with Crippen LogP contribution in [-0.2, 0) is 0 Å². The molecule has 0 saturated heterocycles. The molecule has 0 radical (unpaired) electrons. The van der Waals surface area contributed by atoms with E-state index in [1.54, 1.807) is 0 Å². The van der Waals surface area contributed by atoms with Gasteiger partial charge in [-0.15, -0.1) is 0 Å². The van der Waals surface area contributed by atoms with Gasteiger partial charge in [0.15, 0.2) is 0 Å². The minimum atomic E-state index is 0.141. The van der Waals surface area contributed by atoms with E-state index in [2.05, 4.69) is 31.8 Å². The quantitative estimate of drug-likeness (QED) is 0.803. The van der Waals surface area contributed by atoms with Gasteiger partial charge in [-0.1, -0.05) is 32.8 Å². The lowest BCUT2D eigenvalue weighted by atomic mass is 9.92. The molecular formula is C13H22N2. The molecule has 0 bridgehead atoms. The molecule has 0 saturated carbocycles. The van der Waals surface area contributed by atoms with Crippen molar-refractivity contribution >= 4 is 0 Å². The fourth-order valence-electron chi connectivity index (χ4n) is 1.90. The van der Waals surface area contributed by atoms with Crippen LogP contribution in [-0.4, -0.2) is 4.98 Å². The molecule has 2 heteroatoms. The summed E-state index contributed by atoms with van der Waals surface area (Å²) in [5, 5.41) is 0. The molecule has 0 aliphatic carbocycles. The number of aromatic nitrogens is 1. The second-order valence-electron chi connectivity index (χ2n) is 4.32. The van der Waals surface area contributed by atoms with Crippen LogP contribution in [0.3, 0.4) is 0 Å². The van der Waals surface area contributed by atoms with E-state index >= 15 is 0 Å². The van der Waals surface area contributed by atoms with Gasteiger partial charge in [0.1, 0.15) is 0 Å². The zero-order valence-electron chi connectivity index (χ0n) is 10.0. The summed E-state index contributed by atoms with van der Waals surface area (Å²) >= 11 is 0. The highest BCUT2D eigenvalue weighted by Crippen LogP contribution is 2.23. The van der Waals surface area contributed by atoms with Gasteiger partial charge in [-0.2, -0.15) is 0 Å². The lowest BCUT2D eigenvalue weighted by Gasteiger charge is -2.18. The fraction of sp³-hybridized carbons (Fsp3) is 0.615. The Morgan fingerprint density at radius 3 is 2.47 bits per heavy atom. The number of hydrogen-bond donors (Lipinski definition) is 1. The van der Waals surface area contributed by atoms with E-state index < -0.39 is 0 Å². The number of nitrogens with two attached hydrogens (primary N) is 1. The van der Waals surface area contributed by atoms with Crippen molar-refractivity contribution in [2.75, 3.05) is 0 Å². The second kappa shape index (κ2) is 5.86. The third-order valence-electron chi connectivity index (χ3n) is 3.07. The molecule has 2 N–H and O–H groups in total. The van der Waals surface area contributed by atoms with Gasteiger partial charge in [-0.05, 0) is 30.4 Å². The maximum atomic E-state index is 6.18. The first kappa shape index (κ1) is 12.2. The maximum Gasteiger partial charge on any atom is 0.0315 e. The summed E-state index contributed by atoms with van der Waals surface area (Å²) in [7, 11) is 0. The molecule has 2 nitrogen and oxygen atoms in total. The highest BCUT2D eigenvalue weighted by Gasteiger charge is 2.12. The number of hydrogen-bond acceptors (Lipinski definition) is 2. The molecule has 1 aromatic rings. The molecule has 0 aromatic carbocycles. The summed E-state index contributed by atoms with van der Waals surface area (Å²) in [6.07, 6.45) is 7.25. The van der Waals surface area contributed by atoms with E-state index in [1.807, 2.05) is 12.4 Å². The summed E-state index contributed by atoms with van der Waals surface area (Å²) < 4.78 is 0. The van der Waals surface area contributed by atoms with E-state index in [0.717, 1.165) is 12.3 Å². The van der Waals surface area contributed by atoms with Gasteiger partial charge in [0, 0.05) is 18.4 Å². The van der Waals surface area contributed by atoms with Crippen molar-refractivity contribution in [1.29, 1.82) is 0 Å². The van der Waals surface area contributed by atoms with Crippen LogP contribution in [0.2, 0.25) is 0 Å². The van der Waals surface area contributed by atoms with Crippen molar-refractivity contribution in [2.45, 2.75) is 46.1 Å². The monoisotopic (exact) mass is 206 g/mol.